The number of nitrogens with zero attached hydrogens (tertiary/aromatic N) is 1. The fraction of sp³-hybridized carbons (Fsp3) is 0.588. The molecule has 5 heteroatoms. The van der Waals surface area contributed by atoms with Crippen molar-refractivity contribution in [3.8, 4) is 0 Å². The molecule has 0 fully saturated rings. The van der Waals surface area contributed by atoms with Gasteiger partial charge in [-0.2, -0.15) is 0 Å². The predicted octanol–water partition coefficient (Wildman–Crippen LogP) is 1.33. The summed E-state index contributed by atoms with van der Waals surface area (Å²) < 4.78 is 5.68. The van der Waals surface area contributed by atoms with Gasteiger partial charge < -0.3 is 20.7 Å². The smallest absolute Gasteiger partial charge is 0.244 e. The van der Waals surface area contributed by atoms with Gasteiger partial charge in [0.25, 0.3) is 0 Å². The minimum atomic E-state index is -1.04. The van der Waals surface area contributed by atoms with Gasteiger partial charge in [0.05, 0.1) is 6.10 Å². The Morgan fingerprint density at radius 1 is 1.36 bits per heavy atom. The van der Waals surface area contributed by atoms with Gasteiger partial charge in [0, 0.05) is 19.7 Å². The normalized spacial score (nSPS) is 15.4. The highest BCUT2D eigenvalue weighted by molar-refractivity contribution is 5.86. The van der Waals surface area contributed by atoms with E-state index in [1.165, 1.54) is 0 Å². The SMILES string of the molecule is CCOC(CCN(C)C)CNC(=O)C(C)(N)c1ccccc1. The number of rotatable bonds is 9. The van der Waals surface area contributed by atoms with Gasteiger partial charge in [-0.15, -0.1) is 0 Å². The molecule has 124 valence electrons. The molecule has 0 heterocycles. The molecule has 0 aliphatic rings. The van der Waals surface area contributed by atoms with Crippen LogP contribution in [0.4, 0.5) is 0 Å². The minimum absolute atomic E-state index is 0.00271. The second-order valence-corrected chi connectivity index (χ2v) is 5.95. The van der Waals surface area contributed by atoms with Crippen molar-refractivity contribution in [3.05, 3.63) is 35.9 Å². The summed E-state index contributed by atoms with van der Waals surface area (Å²) in [5, 5.41) is 2.92. The van der Waals surface area contributed by atoms with E-state index in [-0.39, 0.29) is 12.0 Å². The lowest BCUT2D eigenvalue weighted by Gasteiger charge is -2.26. The molecule has 0 saturated carbocycles. The number of nitrogens with one attached hydrogen (secondary N) is 1. The monoisotopic (exact) mass is 307 g/mol. The highest BCUT2D eigenvalue weighted by atomic mass is 16.5. The average Bonchev–Trinajstić information content (AvgIpc) is 2.50. The predicted molar refractivity (Wildman–Crippen MR) is 89.6 cm³/mol. The fourth-order valence-corrected chi connectivity index (χ4v) is 2.19. The van der Waals surface area contributed by atoms with Gasteiger partial charge in [-0.05, 0) is 39.9 Å². The van der Waals surface area contributed by atoms with Crippen LogP contribution in [-0.2, 0) is 15.1 Å². The quantitative estimate of drug-likeness (QED) is 0.722. The van der Waals surface area contributed by atoms with Gasteiger partial charge in [0.2, 0.25) is 5.91 Å². The van der Waals surface area contributed by atoms with Gasteiger partial charge in [-0.25, -0.2) is 0 Å². The third-order valence-corrected chi connectivity index (χ3v) is 3.64. The van der Waals surface area contributed by atoms with Crippen LogP contribution in [0, 0.1) is 0 Å². The second kappa shape index (κ2) is 8.88. The molecule has 1 aromatic carbocycles. The van der Waals surface area contributed by atoms with E-state index in [9.17, 15) is 4.79 Å². The van der Waals surface area contributed by atoms with Gasteiger partial charge in [-0.3, -0.25) is 4.79 Å². The maximum Gasteiger partial charge on any atom is 0.244 e. The number of hydrogen-bond donors (Lipinski definition) is 2. The Balaban J connectivity index is 2.58. The fourth-order valence-electron chi connectivity index (χ4n) is 2.19. The third kappa shape index (κ3) is 5.75. The van der Waals surface area contributed by atoms with E-state index in [1.54, 1.807) is 6.92 Å². The molecule has 22 heavy (non-hydrogen) atoms. The first-order valence-corrected chi connectivity index (χ1v) is 7.77. The van der Waals surface area contributed by atoms with Crippen LogP contribution in [0.5, 0.6) is 0 Å². The van der Waals surface area contributed by atoms with E-state index in [4.69, 9.17) is 10.5 Å². The zero-order valence-corrected chi connectivity index (χ0v) is 14.1. The van der Waals surface area contributed by atoms with Crippen LogP contribution >= 0.6 is 0 Å². The van der Waals surface area contributed by atoms with Crippen LogP contribution in [0.15, 0.2) is 30.3 Å². The summed E-state index contributed by atoms with van der Waals surface area (Å²) >= 11 is 0. The second-order valence-electron chi connectivity index (χ2n) is 5.95. The summed E-state index contributed by atoms with van der Waals surface area (Å²) in [5.74, 6) is -0.187. The minimum Gasteiger partial charge on any atom is -0.377 e. The summed E-state index contributed by atoms with van der Waals surface area (Å²) in [5.41, 5.74) is 5.96. The van der Waals surface area contributed by atoms with Crippen LogP contribution in [0.2, 0.25) is 0 Å². The molecule has 0 bridgehead atoms. The maximum absolute atomic E-state index is 12.4. The van der Waals surface area contributed by atoms with Crippen molar-refractivity contribution in [2.24, 2.45) is 5.73 Å². The summed E-state index contributed by atoms with van der Waals surface area (Å²) in [6, 6.07) is 9.41. The highest BCUT2D eigenvalue weighted by Crippen LogP contribution is 2.17. The highest BCUT2D eigenvalue weighted by Gasteiger charge is 2.30. The zero-order valence-electron chi connectivity index (χ0n) is 14.1. The number of amides is 1. The Labute approximate surface area is 133 Å². The van der Waals surface area contributed by atoms with Gasteiger partial charge in [-0.1, -0.05) is 30.3 Å². The first-order chi connectivity index (χ1) is 10.4. The number of benzene rings is 1. The summed E-state index contributed by atoms with van der Waals surface area (Å²) in [6.07, 6.45) is 0.871. The summed E-state index contributed by atoms with van der Waals surface area (Å²) in [7, 11) is 4.04. The largest absolute Gasteiger partial charge is 0.377 e. The van der Waals surface area contributed by atoms with Gasteiger partial charge in [0.1, 0.15) is 5.54 Å². The van der Waals surface area contributed by atoms with Crippen molar-refractivity contribution in [1.29, 1.82) is 0 Å². The van der Waals surface area contributed by atoms with E-state index in [2.05, 4.69) is 10.2 Å². The molecule has 0 spiro atoms. The van der Waals surface area contributed by atoms with Crippen LogP contribution in [0.3, 0.4) is 0 Å². The van der Waals surface area contributed by atoms with Gasteiger partial charge in [0.15, 0.2) is 0 Å². The molecule has 1 amide bonds. The molecule has 2 atom stereocenters. The van der Waals surface area contributed by atoms with Crippen LogP contribution < -0.4 is 11.1 Å². The van der Waals surface area contributed by atoms with E-state index in [0.29, 0.717) is 13.2 Å². The van der Waals surface area contributed by atoms with Gasteiger partial charge >= 0.3 is 0 Å². The van der Waals surface area contributed by atoms with Crippen molar-refractivity contribution in [3.63, 3.8) is 0 Å². The van der Waals surface area contributed by atoms with Crippen LogP contribution in [0.1, 0.15) is 25.8 Å². The molecule has 2 unspecified atom stereocenters. The Bertz CT molecular complexity index is 446. The molecule has 1 aromatic rings. The molecule has 0 radical (unpaired) electrons. The lowest BCUT2D eigenvalue weighted by molar-refractivity contribution is -0.126. The lowest BCUT2D eigenvalue weighted by atomic mass is 9.92. The zero-order chi connectivity index (χ0) is 16.6. The van der Waals surface area contributed by atoms with Crippen molar-refractivity contribution in [2.45, 2.75) is 31.9 Å². The Morgan fingerprint density at radius 3 is 2.55 bits per heavy atom. The number of ether oxygens (including phenoxy) is 1. The molecule has 0 aliphatic carbocycles. The van der Waals surface area contributed by atoms with E-state index in [0.717, 1.165) is 18.5 Å². The van der Waals surface area contributed by atoms with E-state index in [1.807, 2.05) is 51.4 Å². The Morgan fingerprint density at radius 2 is 2.00 bits per heavy atom. The number of carbonyl (C=O) groups is 1. The molecule has 0 aromatic heterocycles. The first kappa shape index (κ1) is 18.6. The number of nitrogens with two attached hydrogens (primary N) is 1. The van der Waals surface area contributed by atoms with E-state index < -0.39 is 5.54 Å². The van der Waals surface area contributed by atoms with Crippen LogP contribution in [-0.4, -0.2) is 50.7 Å². The molecule has 5 nitrogen and oxygen atoms in total. The van der Waals surface area contributed by atoms with Crippen molar-refractivity contribution in [2.75, 3.05) is 33.8 Å². The van der Waals surface area contributed by atoms with Crippen molar-refractivity contribution in [1.82, 2.24) is 10.2 Å². The topological polar surface area (TPSA) is 67.6 Å². The Hall–Kier alpha value is -1.43. The lowest BCUT2D eigenvalue weighted by Crippen LogP contribution is -2.51. The summed E-state index contributed by atoms with van der Waals surface area (Å²) in [4.78, 5) is 14.5. The average molecular weight is 307 g/mol. The molecule has 3 N–H and O–H groups in total. The Kier molecular flexibility index (Phi) is 7.51. The number of carbonyl (C=O) groups excluding carboxylic acids is 1. The van der Waals surface area contributed by atoms with E-state index >= 15 is 0 Å². The number of hydrogen-bond acceptors (Lipinski definition) is 4. The standard InChI is InChI=1S/C17H29N3O2/c1-5-22-15(11-12-20(3)4)13-19-16(21)17(2,18)14-9-7-6-8-10-14/h6-10,15H,5,11-13,18H2,1-4H3,(H,19,21). The molecule has 0 saturated heterocycles. The third-order valence-electron chi connectivity index (χ3n) is 3.64. The molecule has 1 rings (SSSR count). The summed E-state index contributed by atoms with van der Waals surface area (Å²) in [6.45, 7) is 5.71. The van der Waals surface area contributed by atoms with Crippen molar-refractivity contribution >= 4 is 5.91 Å². The first-order valence-electron chi connectivity index (χ1n) is 7.77. The molecular weight excluding hydrogens is 278 g/mol. The molecular formula is C17H29N3O2. The molecule has 0 aliphatic heterocycles. The van der Waals surface area contributed by atoms with Crippen LogP contribution in [0.25, 0.3) is 0 Å². The maximum atomic E-state index is 12.4. The van der Waals surface area contributed by atoms with Crippen molar-refractivity contribution < 1.29 is 9.53 Å².